The summed E-state index contributed by atoms with van der Waals surface area (Å²) < 4.78 is 0. The Morgan fingerprint density at radius 3 is 2.30 bits per heavy atom. The Bertz CT molecular complexity index is 135. The van der Waals surface area contributed by atoms with Crippen molar-refractivity contribution in [2.75, 3.05) is 0 Å². The Morgan fingerprint density at radius 1 is 1.60 bits per heavy atom. The van der Waals surface area contributed by atoms with E-state index in [1.165, 1.54) is 12.8 Å². The van der Waals surface area contributed by atoms with E-state index in [0.29, 0.717) is 5.41 Å². The van der Waals surface area contributed by atoms with E-state index in [0.717, 1.165) is 11.8 Å². The molecule has 0 aromatic heterocycles. The first-order chi connectivity index (χ1) is 4.61. The maximum Gasteiger partial charge on any atom is -0.0180 e. The summed E-state index contributed by atoms with van der Waals surface area (Å²) in [5.41, 5.74) is 0.571. The second kappa shape index (κ2) is 2.41. The van der Waals surface area contributed by atoms with Crippen molar-refractivity contribution in [2.24, 2.45) is 17.3 Å². The van der Waals surface area contributed by atoms with Gasteiger partial charge in [0.15, 0.2) is 0 Å². The zero-order valence-corrected chi connectivity index (χ0v) is 7.35. The lowest BCUT2D eigenvalue weighted by molar-refractivity contribution is 0.0334. The van der Waals surface area contributed by atoms with Crippen LogP contribution < -0.4 is 0 Å². The van der Waals surface area contributed by atoms with Gasteiger partial charge in [-0.1, -0.05) is 26.8 Å². The second-order valence-corrected chi connectivity index (χ2v) is 4.04. The smallest absolute Gasteiger partial charge is 0.0180 e. The summed E-state index contributed by atoms with van der Waals surface area (Å²) in [6.07, 6.45) is 4.88. The fourth-order valence-corrected chi connectivity index (χ4v) is 1.87. The van der Waals surface area contributed by atoms with E-state index in [2.05, 4.69) is 33.4 Å². The highest BCUT2D eigenvalue weighted by atomic mass is 14.5. The van der Waals surface area contributed by atoms with E-state index in [-0.39, 0.29) is 0 Å². The molecular weight excluding hydrogens is 120 g/mol. The number of hydrogen-bond acceptors (Lipinski definition) is 0. The maximum atomic E-state index is 3.86. The summed E-state index contributed by atoms with van der Waals surface area (Å²) in [5.74, 6) is 1.59. The van der Waals surface area contributed by atoms with Gasteiger partial charge in [-0.15, -0.1) is 6.58 Å². The zero-order chi connectivity index (χ0) is 7.78. The molecule has 10 heavy (non-hydrogen) atoms. The molecular formula is C10H18. The van der Waals surface area contributed by atoms with Gasteiger partial charge in [-0.05, 0) is 30.1 Å². The molecule has 58 valence electrons. The summed E-state index contributed by atoms with van der Waals surface area (Å²) in [5, 5.41) is 0. The molecule has 0 aromatic carbocycles. The molecule has 0 bridgehead atoms. The Balaban J connectivity index is 2.60. The molecule has 0 heteroatoms. The molecule has 1 aliphatic carbocycles. The number of allylic oxidation sites excluding steroid dienone is 1. The van der Waals surface area contributed by atoms with Crippen LogP contribution in [0, 0.1) is 17.3 Å². The average Bonchev–Trinajstić information content (AvgIpc) is 1.85. The van der Waals surface area contributed by atoms with Crippen LogP contribution in [0.5, 0.6) is 0 Å². The van der Waals surface area contributed by atoms with E-state index in [4.69, 9.17) is 0 Å². The van der Waals surface area contributed by atoms with Crippen molar-refractivity contribution in [3.05, 3.63) is 12.7 Å². The quantitative estimate of drug-likeness (QED) is 0.514. The van der Waals surface area contributed by atoms with E-state index in [9.17, 15) is 0 Å². The van der Waals surface area contributed by atoms with Crippen molar-refractivity contribution in [1.82, 2.24) is 0 Å². The summed E-state index contributed by atoms with van der Waals surface area (Å²) >= 11 is 0. The molecule has 1 rings (SSSR count). The molecule has 0 saturated heterocycles. The van der Waals surface area contributed by atoms with E-state index in [1.807, 2.05) is 0 Å². The molecule has 0 aliphatic heterocycles. The van der Waals surface area contributed by atoms with Gasteiger partial charge in [-0.3, -0.25) is 0 Å². The van der Waals surface area contributed by atoms with Crippen LogP contribution in [0.4, 0.5) is 0 Å². The van der Waals surface area contributed by atoms with Crippen LogP contribution in [0.25, 0.3) is 0 Å². The average molecular weight is 138 g/mol. The Kier molecular flexibility index (Phi) is 1.89. The predicted octanol–water partition coefficient (Wildman–Crippen LogP) is 3.24. The van der Waals surface area contributed by atoms with Crippen LogP contribution in [0.1, 0.15) is 33.6 Å². The molecule has 1 saturated carbocycles. The van der Waals surface area contributed by atoms with Crippen molar-refractivity contribution in [3.63, 3.8) is 0 Å². The second-order valence-electron chi connectivity index (χ2n) is 4.04. The van der Waals surface area contributed by atoms with Crippen molar-refractivity contribution >= 4 is 0 Å². The van der Waals surface area contributed by atoms with Crippen molar-refractivity contribution in [2.45, 2.75) is 33.6 Å². The first-order valence-corrected chi connectivity index (χ1v) is 4.24. The normalized spacial score (nSPS) is 39.4. The minimum atomic E-state index is 0.571. The highest BCUT2D eigenvalue weighted by molar-refractivity contribution is 5.01. The van der Waals surface area contributed by atoms with Crippen LogP contribution in [-0.4, -0.2) is 0 Å². The summed E-state index contributed by atoms with van der Waals surface area (Å²) in [4.78, 5) is 0. The minimum Gasteiger partial charge on any atom is -0.103 e. The fraction of sp³-hybridized carbons (Fsp3) is 0.800. The topological polar surface area (TPSA) is 0 Å². The molecule has 0 amide bonds. The molecule has 2 atom stereocenters. The van der Waals surface area contributed by atoms with Crippen LogP contribution in [0.2, 0.25) is 0 Å². The van der Waals surface area contributed by atoms with Gasteiger partial charge in [0, 0.05) is 0 Å². The largest absolute Gasteiger partial charge is 0.103 e. The zero-order valence-electron chi connectivity index (χ0n) is 7.35. The van der Waals surface area contributed by atoms with Gasteiger partial charge in [0.2, 0.25) is 0 Å². The van der Waals surface area contributed by atoms with Crippen molar-refractivity contribution in [3.8, 4) is 0 Å². The van der Waals surface area contributed by atoms with E-state index >= 15 is 0 Å². The standard InChI is InChI=1S/C10H18/c1-5-9-6-7-10(9,4)8(2)3/h5,8-9H,1,6-7H2,2-4H3. The van der Waals surface area contributed by atoms with E-state index in [1.54, 1.807) is 0 Å². The Morgan fingerprint density at radius 2 is 2.20 bits per heavy atom. The number of rotatable bonds is 2. The van der Waals surface area contributed by atoms with Gasteiger partial charge < -0.3 is 0 Å². The lowest BCUT2D eigenvalue weighted by Gasteiger charge is -2.49. The van der Waals surface area contributed by atoms with Gasteiger partial charge in [0.05, 0.1) is 0 Å². The summed E-state index contributed by atoms with van der Waals surface area (Å²) in [7, 11) is 0. The van der Waals surface area contributed by atoms with Gasteiger partial charge in [0.25, 0.3) is 0 Å². The van der Waals surface area contributed by atoms with Crippen molar-refractivity contribution < 1.29 is 0 Å². The molecule has 0 heterocycles. The van der Waals surface area contributed by atoms with Crippen LogP contribution >= 0.6 is 0 Å². The lowest BCUT2D eigenvalue weighted by atomic mass is 9.56. The van der Waals surface area contributed by atoms with Crippen LogP contribution in [-0.2, 0) is 0 Å². The lowest BCUT2D eigenvalue weighted by Crippen LogP contribution is -2.40. The van der Waals surface area contributed by atoms with Gasteiger partial charge >= 0.3 is 0 Å². The molecule has 0 spiro atoms. The third-order valence-corrected chi connectivity index (χ3v) is 3.44. The van der Waals surface area contributed by atoms with E-state index < -0.39 is 0 Å². The maximum absolute atomic E-state index is 3.86. The molecule has 2 unspecified atom stereocenters. The highest BCUT2D eigenvalue weighted by Crippen LogP contribution is 2.51. The molecule has 0 radical (unpaired) electrons. The van der Waals surface area contributed by atoms with Gasteiger partial charge in [0.1, 0.15) is 0 Å². The molecule has 0 N–H and O–H groups in total. The first kappa shape index (κ1) is 7.84. The third kappa shape index (κ3) is 0.902. The molecule has 0 nitrogen and oxygen atoms in total. The molecule has 1 fully saturated rings. The first-order valence-electron chi connectivity index (χ1n) is 4.24. The molecule has 1 aliphatic rings. The van der Waals surface area contributed by atoms with Crippen molar-refractivity contribution in [1.29, 1.82) is 0 Å². The Labute approximate surface area is 64.3 Å². The predicted molar refractivity (Wildman–Crippen MR) is 45.9 cm³/mol. The number of hydrogen-bond donors (Lipinski definition) is 0. The van der Waals surface area contributed by atoms with Crippen LogP contribution in [0.3, 0.4) is 0 Å². The van der Waals surface area contributed by atoms with Gasteiger partial charge in [-0.2, -0.15) is 0 Å². The Hall–Kier alpha value is -0.260. The van der Waals surface area contributed by atoms with Gasteiger partial charge in [-0.25, -0.2) is 0 Å². The monoisotopic (exact) mass is 138 g/mol. The van der Waals surface area contributed by atoms with Crippen LogP contribution in [0.15, 0.2) is 12.7 Å². The fourth-order valence-electron chi connectivity index (χ4n) is 1.87. The minimum absolute atomic E-state index is 0.571. The molecule has 0 aromatic rings. The third-order valence-electron chi connectivity index (χ3n) is 3.44. The summed E-state index contributed by atoms with van der Waals surface area (Å²) in [6, 6.07) is 0. The highest BCUT2D eigenvalue weighted by Gasteiger charge is 2.42. The summed E-state index contributed by atoms with van der Waals surface area (Å²) in [6.45, 7) is 10.9. The SMILES string of the molecule is C=CC1CCC1(C)C(C)C.